The van der Waals surface area contributed by atoms with E-state index in [9.17, 15) is 15.0 Å². The first-order valence-electron chi connectivity index (χ1n) is 8.71. The average Bonchev–Trinajstić information content (AvgIpc) is 3.17. The standard InChI is InChI=1S/C20H20ClN3O4/c1-24(20-22-18(23-28-20)15-9-5-6-10-16(15)21)19(27)14(12-17(25)26)11-13-7-3-2-4-8-13/h2-10,14,19,27H,11-12H2,1H3,(H,25,26). The molecule has 0 aliphatic carbocycles. The summed E-state index contributed by atoms with van der Waals surface area (Å²) in [5, 5.41) is 24.4. The molecule has 2 unspecified atom stereocenters. The Balaban J connectivity index is 1.80. The number of carbonyl (C=O) groups is 1. The zero-order valence-corrected chi connectivity index (χ0v) is 16.0. The number of anilines is 1. The van der Waals surface area contributed by atoms with Gasteiger partial charge in [-0.1, -0.05) is 59.2 Å². The second-order valence-electron chi connectivity index (χ2n) is 6.45. The molecule has 3 aromatic rings. The highest BCUT2D eigenvalue weighted by Gasteiger charge is 2.29. The lowest BCUT2D eigenvalue weighted by Crippen LogP contribution is -2.40. The summed E-state index contributed by atoms with van der Waals surface area (Å²) in [6.07, 6.45) is -0.938. The van der Waals surface area contributed by atoms with Crippen molar-refractivity contribution in [1.82, 2.24) is 10.1 Å². The Morgan fingerprint density at radius 1 is 1.18 bits per heavy atom. The molecular weight excluding hydrogens is 382 g/mol. The SMILES string of the molecule is CN(c1nc(-c2ccccc2Cl)no1)C(O)C(CC(=O)O)Cc1ccccc1. The van der Waals surface area contributed by atoms with E-state index in [1.54, 1.807) is 31.3 Å². The van der Waals surface area contributed by atoms with E-state index in [0.29, 0.717) is 17.0 Å². The minimum Gasteiger partial charge on any atom is -0.481 e. The van der Waals surface area contributed by atoms with Crippen molar-refractivity contribution in [2.75, 3.05) is 11.9 Å². The Morgan fingerprint density at radius 2 is 1.86 bits per heavy atom. The molecule has 146 valence electrons. The van der Waals surface area contributed by atoms with Crippen molar-refractivity contribution in [1.29, 1.82) is 0 Å². The molecule has 0 radical (unpaired) electrons. The first kappa shape index (κ1) is 19.9. The van der Waals surface area contributed by atoms with Crippen molar-refractivity contribution >= 4 is 23.6 Å². The number of benzene rings is 2. The number of hydrogen-bond donors (Lipinski definition) is 2. The molecule has 0 fully saturated rings. The molecule has 0 bridgehead atoms. The summed E-state index contributed by atoms with van der Waals surface area (Å²) in [4.78, 5) is 17.0. The first-order chi connectivity index (χ1) is 13.5. The first-order valence-corrected chi connectivity index (χ1v) is 9.08. The number of hydrogen-bond acceptors (Lipinski definition) is 6. The predicted octanol–water partition coefficient (Wildman–Crippen LogP) is 3.48. The number of rotatable bonds is 8. The van der Waals surface area contributed by atoms with Crippen LogP contribution in [0.15, 0.2) is 59.1 Å². The summed E-state index contributed by atoms with van der Waals surface area (Å²) >= 11 is 6.16. The lowest BCUT2D eigenvalue weighted by Gasteiger charge is -2.28. The van der Waals surface area contributed by atoms with Gasteiger partial charge < -0.3 is 19.6 Å². The third-order valence-electron chi connectivity index (χ3n) is 4.43. The maximum Gasteiger partial charge on any atom is 0.326 e. The Hall–Kier alpha value is -2.90. The molecule has 0 saturated carbocycles. The van der Waals surface area contributed by atoms with Crippen LogP contribution in [0, 0.1) is 5.92 Å². The molecule has 28 heavy (non-hydrogen) atoms. The highest BCUT2D eigenvalue weighted by Crippen LogP contribution is 2.28. The second-order valence-corrected chi connectivity index (χ2v) is 6.86. The van der Waals surface area contributed by atoms with Crippen LogP contribution in [0.3, 0.4) is 0 Å². The van der Waals surface area contributed by atoms with Gasteiger partial charge in [0.2, 0.25) is 5.82 Å². The molecular formula is C20H20ClN3O4. The van der Waals surface area contributed by atoms with E-state index in [-0.39, 0.29) is 18.3 Å². The summed E-state index contributed by atoms with van der Waals surface area (Å²) in [6.45, 7) is 0. The quantitative estimate of drug-likeness (QED) is 0.557. The smallest absolute Gasteiger partial charge is 0.326 e. The van der Waals surface area contributed by atoms with Crippen LogP contribution in [-0.2, 0) is 11.2 Å². The van der Waals surface area contributed by atoms with E-state index in [0.717, 1.165) is 5.56 Å². The molecule has 2 atom stereocenters. The summed E-state index contributed by atoms with van der Waals surface area (Å²) in [5.41, 5.74) is 1.54. The Morgan fingerprint density at radius 3 is 2.54 bits per heavy atom. The Kier molecular flexibility index (Phi) is 6.28. The van der Waals surface area contributed by atoms with Crippen LogP contribution in [0.4, 0.5) is 6.01 Å². The van der Waals surface area contributed by atoms with Crippen LogP contribution >= 0.6 is 11.6 Å². The lowest BCUT2D eigenvalue weighted by atomic mass is 9.94. The van der Waals surface area contributed by atoms with Gasteiger partial charge in [0, 0.05) is 18.5 Å². The fourth-order valence-electron chi connectivity index (χ4n) is 2.96. The van der Waals surface area contributed by atoms with E-state index in [1.807, 2.05) is 30.3 Å². The van der Waals surface area contributed by atoms with Gasteiger partial charge in [0.25, 0.3) is 0 Å². The van der Waals surface area contributed by atoms with Crippen LogP contribution in [0.5, 0.6) is 0 Å². The molecule has 0 aliphatic heterocycles. The van der Waals surface area contributed by atoms with Crippen LogP contribution in [0.1, 0.15) is 12.0 Å². The zero-order chi connectivity index (χ0) is 20.1. The number of aliphatic carboxylic acids is 1. The summed E-state index contributed by atoms with van der Waals surface area (Å²) in [7, 11) is 1.58. The Bertz CT molecular complexity index is 932. The van der Waals surface area contributed by atoms with E-state index < -0.39 is 18.1 Å². The predicted molar refractivity (Wildman–Crippen MR) is 105 cm³/mol. The number of aromatic nitrogens is 2. The van der Waals surface area contributed by atoms with Crippen molar-refractivity contribution in [2.45, 2.75) is 19.1 Å². The molecule has 0 spiro atoms. The third kappa shape index (κ3) is 4.68. The van der Waals surface area contributed by atoms with Gasteiger partial charge in [-0.3, -0.25) is 4.79 Å². The monoisotopic (exact) mass is 401 g/mol. The van der Waals surface area contributed by atoms with Gasteiger partial charge in [0.05, 0.1) is 11.4 Å². The van der Waals surface area contributed by atoms with Gasteiger partial charge in [-0.05, 0) is 24.1 Å². The highest BCUT2D eigenvalue weighted by molar-refractivity contribution is 6.33. The molecule has 2 N–H and O–H groups in total. The van der Waals surface area contributed by atoms with Gasteiger partial charge in [-0.15, -0.1) is 0 Å². The van der Waals surface area contributed by atoms with Gasteiger partial charge in [0.15, 0.2) is 0 Å². The number of carboxylic acids is 1. The number of carboxylic acid groups (broad SMARTS) is 1. The fraction of sp³-hybridized carbons (Fsp3) is 0.250. The maximum atomic E-state index is 11.3. The van der Waals surface area contributed by atoms with E-state index >= 15 is 0 Å². The fourth-order valence-corrected chi connectivity index (χ4v) is 3.18. The van der Waals surface area contributed by atoms with E-state index in [1.165, 1.54) is 4.90 Å². The molecule has 1 aromatic heterocycles. The second kappa shape index (κ2) is 8.86. The summed E-state index contributed by atoms with van der Waals surface area (Å²) < 4.78 is 5.26. The summed E-state index contributed by atoms with van der Waals surface area (Å²) in [6, 6.07) is 16.6. The summed E-state index contributed by atoms with van der Waals surface area (Å²) in [5.74, 6) is -1.27. The number of aliphatic hydroxyl groups excluding tert-OH is 1. The van der Waals surface area contributed by atoms with E-state index in [2.05, 4.69) is 10.1 Å². The molecule has 0 saturated heterocycles. The third-order valence-corrected chi connectivity index (χ3v) is 4.76. The lowest BCUT2D eigenvalue weighted by molar-refractivity contribution is -0.139. The maximum absolute atomic E-state index is 11.3. The largest absolute Gasteiger partial charge is 0.481 e. The normalized spacial score (nSPS) is 13.1. The van der Waals surface area contributed by atoms with Crippen molar-refractivity contribution in [3.63, 3.8) is 0 Å². The minimum atomic E-state index is -1.13. The van der Waals surface area contributed by atoms with Gasteiger partial charge in [-0.2, -0.15) is 4.98 Å². The topological polar surface area (TPSA) is 99.7 Å². The molecule has 8 heteroatoms. The number of nitrogens with zero attached hydrogens (tertiary/aromatic N) is 3. The molecule has 2 aromatic carbocycles. The highest BCUT2D eigenvalue weighted by atomic mass is 35.5. The molecule has 3 rings (SSSR count). The molecule has 7 nitrogen and oxygen atoms in total. The van der Waals surface area contributed by atoms with E-state index in [4.69, 9.17) is 16.1 Å². The van der Waals surface area contributed by atoms with Crippen LogP contribution in [0.2, 0.25) is 5.02 Å². The van der Waals surface area contributed by atoms with Crippen molar-refractivity contribution in [2.24, 2.45) is 5.92 Å². The zero-order valence-electron chi connectivity index (χ0n) is 15.2. The molecule has 0 amide bonds. The van der Waals surface area contributed by atoms with Crippen molar-refractivity contribution in [3.05, 3.63) is 65.2 Å². The Labute approximate surface area is 167 Å². The average molecular weight is 402 g/mol. The van der Waals surface area contributed by atoms with Crippen molar-refractivity contribution < 1.29 is 19.5 Å². The van der Waals surface area contributed by atoms with Gasteiger partial charge in [0.1, 0.15) is 6.23 Å². The minimum absolute atomic E-state index is 0.0749. The van der Waals surface area contributed by atoms with Crippen molar-refractivity contribution in [3.8, 4) is 11.4 Å². The van der Waals surface area contributed by atoms with Gasteiger partial charge in [-0.25, -0.2) is 0 Å². The number of aliphatic hydroxyl groups is 1. The van der Waals surface area contributed by atoms with Gasteiger partial charge >= 0.3 is 12.0 Å². The number of halogens is 1. The van der Waals surface area contributed by atoms with Crippen LogP contribution < -0.4 is 4.90 Å². The molecule has 1 heterocycles. The van der Waals surface area contributed by atoms with Crippen LogP contribution in [-0.4, -0.2) is 39.6 Å². The van der Waals surface area contributed by atoms with Crippen LogP contribution in [0.25, 0.3) is 11.4 Å². The molecule has 0 aliphatic rings.